The van der Waals surface area contributed by atoms with E-state index < -0.39 is 0 Å². The molecule has 2 unspecified atom stereocenters. The molecule has 0 radical (unpaired) electrons. The predicted molar refractivity (Wildman–Crippen MR) is 39.3 cm³/mol. The molecule has 0 aliphatic carbocycles. The van der Waals surface area contributed by atoms with Crippen LogP contribution in [0, 0.1) is 5.41 Å². The van der Waals surface area contributed by atoms with Gasteiger partial charge in [0.25, 0.3) is 0 Å². The highest BCUT2D eigenvalue weighted by Crippen LogP contribution is 2.38. The zero-order valence-electron chi connectivity index (χ0n) is 6.58. The Morgan fingerprint density at radius 2 is 2.27 bits per heavy atom. The molecular weight excluding hydrogens is 144 g/mol. The van der Waals surface area contributed by atoms with Crippen molar-refractivity contribution in [3.63, 3.8) is 0 Å². The van der Waals surface area contributed by atoms with E-state index in [1.807, 2.05) is 0 Å². The monoisotopic (exact) mass is 158 g/mol. The highest BCUT2D eigenvalue weighted by atomic mass is 16.5. The number of ether oxygens (including phenoxy) is 2. The largest absolute Gasteiger partial charge is 0.396 e. The minimum absolute atomic E-state index is 0.0573. The van der Waals surface area contributed by atoms with Gasteiger partial charge in [-0.2, -0.15) is 0 Å². The third-order valence-corrected chi connectivity index (χ3v) is 2.83. The van der Waals surface area contributed by atoms with Gasteiger partial charge in [-0.15, -0.1) is 0 Å². The van der Waals surface area contributed by atoms with Crippen LogP contribution in [0.15, 0.2) is 0 Å². The SMILES string of the molecule is OCC1(C2CCO2)CCOC1. The van der Waals surface area contributed by atoms with E-state index in [9.17, 15) is 5.11 Å². The lowest BCUT2D eigenvalue weighted by atomic mass is 9.79. The average molecular weight is 158 g/mol. The van der Waals surface area contributed by atoms with E-state index in [4.69, 9.17) is 9.47 Å². The van der Waals surface area contributed by atoms with Crippen molar-refractivity contribution in [2.75, 3.05) is 26.4 Å². The molecule has 0 aromatic carbocycles. The quantitative estimate of drug-likeness (QED) is 0.622. The Hall–Kier alpha value is -0.120. The molecule has 11 heavy (non-hydrogen) atoms. The molecule has 0 aromatic heterocycles. The summed E-state index contributed by atoms with van der Waals surface area (Å²) >= 11 is 0. The zero-order valence-corrected chi connectivity index (χ0v) is 6.58. The van der Waals surface area contributed by atoms with Crippen molar-refractivity contribution in [3.05, 3.63) is 0 Å². The maximum Gasteiger partial charge on any atom is 0.0698 e. The van der Waals surface area contributed by atoms with Gasteiger partial charge in [0.1, 0.15) is 0 Å². The van der Waals surface area contributed by atoms with Crippen molar-refractivity contribution in [2.45, 2.75) is 18.9 Å². The first kappa shape index (κ1) is 7.53. The van der Waals surface area contributed by atoms with Crippen LogP contribution in [0.5, 0.6) is 0 Å². The van der Waals surface area contributed by atoms with E-state index in [0.717, 1.165) is 26.1 Å². The molecule has 0 saturated carbocycles. The normalized spacial score (nSPS) is 43.9. The Labute approximate surface area is 66.3 Å². The van der Waals surface area contributed by atoms with Crippen molar-refractivity contribution < 1.29 is 14.6 Å². The molecule has 2 heterocycles. The molecule has 2 aliphatic heterocycles. The fraction of sp³-hybridized carbons (Fsp3) is 1.00. The molecule has 3 nitrogen and oxygen atoms in total. The molecular formula is C8H14O3. The highest BCUT2D eigenvalue weighted by Gasteiger charge is 2.45. The van der Waals surface area contributed by atoms with Crippen LogP contribution < -0.4 is 0 Å². The van der Waals surface area contributed by atoms with Crippen LogP contribution in [0.1, 0.15) is 12.8 Å². The molecule has 2 rings (SSSR count). The molecule has 0 aromatic rings. The van der Waals surface area contributed by atoms with Crippen molar-refractivity contribution in [1.82, 2.24) is 0 Å². The summed E-state index contributed by atoms with van der Waals surface area (Å²) < 4.78 is 10.6. The molecule has 3 heteroatoms. The lowest BCUT2D eigenvalue weighted by molar-refractivity contribution is -0.142. The van der Waals surface area contributed by atoms with Gasteiger partial charge in [-0.3, -0.25) is 0 Å². The van der Waals surface area contributed by atoms with Gasteiger partial charge < -0.3 is 14.6 Å². The first-order valence-corrected chi connectivity index (χ1v) is 4.18. The second-order valence-corrected chi connectivity index (χ2v) is 3.47. The Morgan fingerprint density at radius 3 is 2.64 bits per heavy atom. The number of aliphatic hydroxyl groups is 1. The topological polar surface area (TPSA) is 38.7 Å². The second kappa shape index (κ2) is 2.73. The highest BCUT2D eigenvalue weighted by molar-refractivity contribution is 4.93. The number of hydrogen-bond donors (Lipinski definition) is 1. The van der Waals surface area contributed by atoms with E-state index in [1.165, 1.54) is 0 Å². The van der Waals surface area contributed by atoms with Gasteiger partial charge in [-0.25, -0.2) is 0 Å². The molecule has 2 fully saturated rings. The minimum atomic E-state index is -0.0573. The lowest BCUT2D eigenvalue weighted by Gasteiger charge is -2.40. The lowest BCUT2D eigenvalue weighted by Crippen LogP contribution is -2.47. The van der Waals surface area contributed by atoms with Crippen LogP contribution in [0.2, 0.25) is 0 Å². The summed E-state index contributed by atoms with van der Waals surface area (Å²) in [6, 6.07) is 0. The average Bonchev–Trinajstić information content (AvgIpc) is 2.34. The van der Waals surface area contributed by atoms with Gasteiger partial charge in [0, 0.05) is 18.6 Å². The van der Waals surface area contributed by atoms with Crippen LogP contribution in [0.3, 0.4) is 0 Å². The minimum Gasteiger partial charge on any atom is -0.396 e. The van der Waals surface area contributed by atoms with E-state index in [2.05, 4.69) is 0 Å². The molecule has 64 valence electrons. The summed E-state index contributed by atoms with van der Waals surface area (Å²) in [5, 5.41) is 9.19. The predicted octanol–water partition coefficient (Wildman–Crippen LogP) is 0.174. The molecule has 2 saturated heterocycles. The van der Waals surface area contributed by atoms with Crippen molar-refractivity contribution in [2.24, 2.45) is 5.41 Å². The standard InChI is InChI=1S/C8H14O3/c9-5-8(2-4-10-6-8)7-1-3-11-7/h7,9H,1-6H2. The molecule has 0 amide bonds. The molecule has 1 N–H and O–H groups in total. The maximum atomic E-state index is 9.19. The van der Waals surface area contributed by atoms with Crippen molar-refractivity contribution in [1.29, 1.82) is 0 Å². The zero-order chi connectivity index (χ0) is 7.73. The summed E-state index contributed by atoms with van der Waals surface area (Å²) in [7, 11) is 0. The second-order valence-electron chi connectivity index (χ2n) is 3.47. The van der Waals surface area contributed by atoms with Gasteiger partial charge in [-0.1, -0.05) is 0 Å². The van der Waals surface area contributed by atoms with Crippen LogP contribution in [0.4, 0.5) is 0 Å². The fourth-order valence-electron chi connectivity index (χ4n) is 1.82. The Kier molecular flexibility index (Phi) is 1.87. The summed E-state index contributed by atoms with van der Waals surface area (Å²) in [6.07, 6.45) is 2.30. The van der Waals surface area contributed by atoms with Gasteiger partial charge in [0.05, 0.1) is 19.3 Å². The number of hydrogen-bond acceptors (Lipinski definition) is 3. The van der Waals surface area contributed by atoms with Gasteiger partial charge >= 0.3 is 0 Å². The maximum absolute atomic E-state index is 9.19. The van der Waals surface area contributed by atoms with Gasteiger partial charge in [0.2, 0.25) is 0 Å². The summed E-state index contributed by atoms with van der Waals surface area (Å²) in [5.74, 6) is 0. The van der Waals surface area contributed by atoms with Crippen molar-refractivity contribution in [3.8, 4) is 0 Å². The number of aliphatic hydroxyl groups excluding tert-OH is 1. The Morgan fingerprint density at radius 1 is 1.45 bits per heavy atom. The van der Waals surface area contributed by atoms with Crippen LogP contribution in [-0.2, 0) is 9.47 Å². The van der Waals surface area contributed by atoms with Crippen LogP contribution in [-0.4, -0.2) is 37.6 Å². The van der Waals surface area contributed by atoms with E-state index in [-0.39, 0.29) is 18.1 Å². The Bertz CT molecular complexity index is 136. The van der Waals surface area contributed by atoms with E-state index >= 15 is 0 Å². The van der Waals surface area contributed by atoms with Crippen LogP contribution in [0.25, 0.3) is 0 Å². The molecule has 2 atom stereocenters. The molecule has 0 spiro atoms. The summed E-state index contributed by atoms with van der Waals surface area (Å²) in [6.45, 7) is 2.51. The Balaban J connectivity index is 2.02. The third kappa shape index (κ3) is 1.08. The first-order valence-electron chi connectivity index (χ1n) is 4.18. The smallest absolute Gasteiger partial charge is 0.0698 e. The van der Waals surface area contributed by atoms with Crippen LogP contribution >= 0.6 is 0 Å². The summed E-state index contributed by atoms with van der Waals surface area (Å²) in [4.78, 5) is 0. The fourth-order valence-corrected chi connectivity index (χ4v) is 1.82. The number of rotatable bonds is 2. The molecule has 2 aliphatic rings. The van der Waals surface area contributed by atoms with E-state index in [1.54, 1.807) is 0 Å². The third-order valence-electron chi connectivity index (χ3n) is 2.83. The summed E-state index contributed by atoms with van der Waals surface area (Å²) in [5.41, 5.74) is -0.0573. The van der Waals surface area contributed by atoms with Gasteiger partial charge in [0.15, 0.2) is 0 Å². The van der Waals surface area contributed by atoms with E-state index in [0.29, 0.717) is 6.61 Å². The first-order chi connectivity index (χ1) is 5.37. The molecule has 0 bridgehead atoms. The van der Waals surface area contributed by atoms with Gasteiger partial charge in [-0.05, 0) is 12.8 Å². The van der Waals surface area contributed by atoms with Crippen molar-refractivity contribution >= 4 is 0 Å².